The highest BCUT2D eigenvalue weighted by atomic mass is 15.3. The standard InChI is InChI=1S/C11H18N2/c1-2-13-9-8-11(12-13)10-6-4-3-5-7-10/h8-10H,2-7H2,1H3. The van der Waals surface area contributed by atoms with E-state index in [1.54, 1.807) is 0 Å². The normalized spacial score (nSPS) is 19.2. The van der Waals surface area contributed by atoms with Crippen LogP contribution in [0, 0.1) is 0 Å². The second-order valence-electron chi connectivity index (χ2n) is 3.93. The van der Waals surface area contributed by atoms with E-state index in [-0.39, 0.29) is 0 Å². The fraction of sp³-hybridized carbons (Fsp3) is 0.727. The van der Waals surface area contributed by atoms with Gasteiger partial charge in [0.15, 0.2) is 0 Å². The number of rotatable bonds is 2. The summed E-state index contributed by atoms with van der Waals surface area (Å²) < 4.78 is 2.03. The van der Waals surface area contributed by atoms with Crippen molar-refractivity contribution in [1.82, 2.24) is 9.78 Å². The van der Waals surface area contributed by atoms with E-state index in [0.29, 0.717) is 0 Å². The third-order valence-corrected chi connectivity index (χ3v) is 3.01. The van der Waals surface area contributed by atoms with Gasteiger partial charge in [0.1, 0.15) is 0 Å². The lowest BCUT2D eigenvalue weighted by molar-refractivity contribution is 0.432. The van der Waals surface area contributed by atoms with Crippen molar-refractivity contribution in [3.05, 3.63) is 18.0 Å². The molecule has 0 unspecified atom stereocenters. The predicted octanol–water partition coefficient (Wildman–Crippen LogP) is 2.95. The molecule has 2 rings (SSSR count). The fourth-order valence-electron chi connectivity index (χ4n) is 2.17. The second-order valence-corrected chi connectivity index (χ2v) is 3.93. The molecule has 13 heavy (non-hydrogen) atoms. The summed E-state index contributed by atoms with van der Waals surface area (Å²) in [4.78, 5) is 0. The van der Waals surface area contributed by atoms with Crippen molar-refractivity contribution in [1.29, 1.82) is 0 Å². The molecule has 0 aromatic carbocycles. The molecule has 1 aliphatic carbocycles. The molecule has 2 heteroatoms. The first-order chi connectivity index (χ1) is 6.40. The van der Waals surface area contributed by atoms with Gasteiger partial charge in [-0.3, -0.25) is 4.68 Å². The molecule has 0 spiro atoms. The van der Waals surface area contributed by atoms with Crippen LogP contribution in [0.5, 0.6) is 0 Å². The van der Waals surface area contributed by atoms with E-state index < -0.39 is 0 Å². The van der Waals surface area contributed by atoms with Gasteiger partial charge >= 0.3 is 0 Å². The Labute approximate surface area is 80.0 Å². The SMILES string of the molecule is CCn1ccc(C2CCCCC2)n1. The van der Waals surface area contributed by atoms with Crippen LogP contribution in [0.2, 0.25) is 0 Å². The molecule has 0 aliphatic heterocycles. The van der Waals surface area contributed by atoms with E-state index in [0.717, 1.165) is 12.5 Å². The van der Waals surface area contributed by atoms with Crippen LogP contribution >= 0.6 is 0 Å². The van der Waals surface area contributed by atoms with Gasteiger partial charge in [0.05, 0.1) is 5.69 Å². The summed E-state index contributed by atoms with van der Waals surface area (Å²) in [7, 11) is 0. The Bertz CT molecular complexity index is 259. The van der Waals surface area contributed by atoms with Gasteiger partial charge in [0.2, 0.25) is 0 Å². The number of nitrogens with zero attached hydrogens (tertiary/aromatic N) is 2. The molecule has 1 aromatic rings. The molecule has 72 valence electrons. The lowest BCUT2D eigenvalue weighted by Crippen LogP contribution is -2.06. The number of aryl methyl sites for hydroxylation is 1. The molecule has 0 amide bonds. The maximum absolute atomic E-state index is 4.57. The van der Waals surface area contributed by atoms with Gasteiger partial charge in [0.25, 0.3) is 0 Å². The van der Waals surface area contributed by atoms with Crippen molar-refractivity contribution in [3.8, 4) is 0 Å². The van der Waals surface area contributed by atoms with Crippen LogP contribution in [-0.2, 0) is 6.54 Å². The summed E-state index contributed by atoms with van der Waals surface area (Å²) in [5, 5.41) is 4.57. The van der Waals surface area contributed by atoms with E-state index >= 15 is 0 Å². The minimum atomic E-state index is 0.751. The Kier molecular flexibility index (Phi) is 2.67. The largest absolute Gasteiger partial charge is 0.273 e. The Hall–Kier alpha value is -0.790. The van der Waals surface area contributed by atoms with E-state index in [1.807, 2.05) is 4.68 Å². The first-order valence-corrected chi connectivity index (χ1v) is 5.43. The van der Waals surface area contributed by atoms with Gasteiger partial charge in [-0.1, -0.05) is 19.3 Å². The third-order valence-electron chi connectivity index (χ3n) is 3.01. The number of aromatic nitrogens is 2. The molecule has 0 N–H and O–H groups in total. The van der Waals surface area contributed by atoms with E-state index in [4.69, 9.17) is 0 Å². The molecule has 0 atom stereocenters. The molecule has 0 radical (unpaired) electrons. The van der Waals surface area contributed by atoms with Crippen LogP contribution in [0.25, 0.3) is 0 Å². The number of hydrogen-bond donors (Lipinski definition) is 0. The minimum absolute atomic E-state index is 0.751. The van der Waals surface area contributed by atoms with E-state index in [1.165, 1.54) is 37.8 Å². The third kappa shape index (κ3) is 1.93. The van der Waals surface area contributed by atoms with Crippen molar-refractivity contribution in [2.24, 2.45) is 0 Å². The zero-order chi connectivity index (χ0) is 9.10. The van der Waals surface area contributed by atoms with Crippen LogP contribution in [0.1, 0.15) is 50.6 Å². The maximum Gasteiger partial charge on any atom is 0.0655 e. The minimum Gasteiger partial charge on any atom is -0.273 e. The topological polar surface area (TPSA) is 17.8 Å². The lowest BCUT2D eigenvalue weighted by Gasteiger charge is -2.19. The molecule has 1 aromatic heterocycles. The smallest absolute Gasteiger partial charge is 0.0655 e. The average molecular weight is 178 g/mol. The zero-order valence-corrected chi connectivity index (χ0v) is 8.37. The van der Waals surface area contributed by atoms with Gasteiger partial charge in [0, 0.05) is 18.7 Å². The summed E-state index contributed by atoms with van der Waals surface area (Å²) >= 11 is 0. The summed E-state index contributed by atoms with van der Waals surface area (Å²) in [5.41, 5.74) is 1.32. The summed E-state index contributed by atoms with van der Waals surface area (Å²) in [5.74, 6) is 0.751. The zero-order valence-electron chi connectivity index (χ0n) is 8.37. The van der Waals surface area contributed by atoms with Gasteiger partial charge in [-0.05, 0) is 25.8 Å². The number of hydrogen-bond acceptors (Lipinski definition) is 1. The quantitative estimate of drug-likeness (QED) is 0.680. The Morgan fingerprint density at radius 1 is 1.38 bits per heavy atom. The Balaban J connectivity index is 2.05. The van der Waals surface area contributed by atoms with Crippen molar-refractivity contribution in [2.45, 2.75) is 51.5 Å². The highest BCUT2D eigenvalue weighted by Gasteiger charge is 2.17. The molecule has 1 fully saturated rings. The van der Waals surface area contributed by atoms with Crippen LogP contribution in [-0.4, -0.2) is 9.78 Å². The van der Waals surface area contributed by atoms with Gasteiger partial charge in [-0.15, -0.1) is 0 Å². The molecular weight excluding hydrogens is 160 g/mol. The first kappa shape index (κ1) is 8.79. The maximum atomic E-state index is 4.57. The lowest BCUT2D eigenvalue weighted by atomic mass is 9.87. The van der Waals surface area contributed by atoms with Crippen molar-refractivity contribution < 1.29 is 0 Å². The van der Waals surface area contributed by atoms with Crippen molar-refractivity contribution >= 4 is 0 Å². The van der Waals surface area contributed by atoms with Crippen molar-refractivity contribution in [3.63, 3.8) is 0 Å². The monoisotopic (exact) mass is 178 g/mol. The summed E-state index contributed by atoms with van der Waals surface area (Å²) in [6.07, 6.45) is 9.00. The first-order valence-electron chi connectivity index (χ1n) is 5.43. The van der Waals surface area contributed by atoms with Crippen LogP contribution < -0.4 is 0 Å². The molecule has 0 saturated heterocycles. The summed E-state index contributed by atoms with van der Waals surface area (Å²) in [6, 6.07) is 2.19. The molecule has 0 bridgehead atoms. The average Bonchev–Trinajstić information content (AvgIpc) is 2.67. The highest BCUT2D eigenvalue weighted by molar-refractivity contribution is 5.07. The van der Waals surface area contributed by atoms with Gasteiger partial charge in [-0.25, -0.2) is 0 Å². The van der Waals surface area contributed by atoms with Gasteiger partial charge < -0.3 is 0 Å². The predicted molar refractivity (Wildman–Crippen MR) is 53.7 cm³/mol. The molecule has 2 nitrogen and oxygen atoms in total. The van der Waals surface area contributed by atoms with Crippen LogP contribution in [0.4, 0.5) is 0 Å². The fourth-order valence-corrected chi connectivity index (χ4v) is 2.17. The van der Waals surface area contributed by atoms with Gasteiger partial charge in [-0.2, -0.15) is 5.10 Å². The second kappa shape index (κ2) is 3.95. The molecule has 1 saturated carbocycles. The Morgan fingerprint density at radius 2 is 2.15 bits per heavy atom. The molecule has 1 aliphatic rings. The van der Waals surface area contributed by atoms with Crippen LogP contribution in [0.15, 0.2) is 12.3 Å². The van der Waals surface area contributed by atoms with E-state index in [9.17, 15) is 0 Å². The van der Waals surface area contributed by atoms with Crippen molar-refractivity contribution in [2.75, 3.05) is 0 Å². The highest BCUT2D eigenvalue weighted by Crippen LogP contribution is 2.31. The van der Waals surface area contributed by atoms with E-state index in [2.05, 4.69) is 24.3 Å². The van der Waals surface area contributed by atoms with Crippen LogP contribution in [0.3, 0.4) is 0 Å². The molecule has 1 heterocycles. The molecular formula is C11H18N2. The Morgan fingerprint density at radius 3 is 2.77 bits per heavy atom. The summed E-state index contributed by atoms with van der Waals surface area (Å²) in [6.45, 7) is 3.13.